The highest BCUT2D eigenvalue weighted by molar-refractivity contribution is 7.99. The van der Waals surface area contributed by atoms with E-state index in [0.29, 0.717) is 30.4 Å². The molecular weight excluding hydrogens is 448 g/mol. The Bertz CT molecular complexity index is 1220. The van der Waals surface area contributed by atoms with Crippen LogP contribution in [0.1, 0.15) is 0 Å². The quantitative estimate of drug-likeness (QED) is 0.564. The second-order valence-electron chi connectivity index (χ2n) is 7.03. The maximum absolute atomic E-state index is 13.0. The van der Waals surface area contributed by atoms with Crippen molar-refractivity contribution in [2.24, 2.45) is 0 Å². The number of carbonyl (C=O) groups is 1. The lowest BCUT2D eigenvalue weighted by Gasteiger charge is -2.21. The third-order valence-electron chi connectivity index (χ3n) is 4.72. The minimum atomic E-state index is -3.89. The van der Waals surface area contributed by atoms with Gasteiger partial charge in [0.15, 0.2) is 11.5 Å². The minimum absolute atomic E-state index is 0.0390. The topological polar surface area (TPSA) is 84.9 Å². The number of carbonyl (C=O) groups excluding carboxylic acids is 1. The molecule has 0 aromatic heterocycles. The monoisotopic (exact) mass is 470 g/mol. The molecule has 0 radical (unpaired) electrons. The zero-order valence-corrected chi connectivity index (χ0v) is 19.0. The Labute approximate surface area is 191 Å². The molecule has 1 aliphatic rings. The molecule has 0 saturated heterocycles. The molecular formula is C23H22N2O5S2. The first-order valence-electron chi connectivity index (χ1n) is 9.91. The number of rotatable bonds is 7. The molecule has 0 unspecified atom stereocenters. The summed E-state index contributed by atoms with van der Waals surface area (Å²) in [7, 11) is -2.52. The van der Waals surface area contributed by atoms with Crippen molar-refractivity contribution in [3.63, 3.8) is 0 Å². The SMILES string of the molecule is CN(CC(=O)Nc1ccccc1Sc1ccccc1)S(=O)(=O)c1ccc2c(c1)OCCO2. The second-order valence-corrected chi connectivity index (χ2v) is 10.2. The Balaban J connectivity index is 1.45. The van der Waals surface area contributed by atoms with Gasteiger partial charge in [-0.15, -0.1) is 0 Å². The summed E-state index contributed by atoms with van der Waals surface area (Å²) < 4.78 is 37.8. The van der Waals surface area contributed by atoms with Gasteiger partial charge in [0.1, 0.15) is 13.2 Å². The lowest BCUT2D eigenvalue weighted by atomic mass is 10.3. The summed E-state index contributed by atoms with van der Waals surface area (Å²) in [5.74, 6) is 0.444. The van der Waals surface area contributed by atoms with Gasteiger partial charge >= 0.3 is 0 Å². The molecule has 1 amide bonds. The van der Waals surface area contributed by atoms with E-state index in [1.807, 2.05) is 48.5 Å². The smallest absolute Gasteiger partial charge is 0.243 e. The summed E-state index contributed by atoms with van der Waals surface area (Å²) in [6.45, 7) is 0.444. The summed E-state index contributed by atoms with van der Waals surface area (Å²) in [5.41, 5.74) is 0.622. The fourth-order valence-electron chi connectivity index (χ4n) is 3.12. The summed E-state index contributed by atoms with van der Waals surface area (Å²) in [5, 5.41) is 2.82. The van der Waals surface area contributed by atoms with Crippen molar-refractivity contribution in [2.75, 3.05) is 32.1 Å². The molecule has 0 fully saturated rings. The van der Waals surface area contributed by atoms with Crippen LogP contribution in [-0.4, -0.2) is 45.4 Å². The lowest BCUT2D eigenvalue weighted by molar-refractivity contribution is -0.116. The van der Waals surface area contributed by atoms with Crippen LogP contribution in [0.25, 0.3) is 0 Å². The van der Waals surface area contributed by atoms with Crippen molar-refractivity contribution >= 4 is 33.4 Å². The number of fused-ring (bicyclic) bond motifs is 1. The van der Waals surface area contributed by atoms with Gasteiger partial charge in [0, 0.05) is 22.9 Å². The molecule has 1 heterocycles. The van der Waals surface area contributed by atoms with Gasteiger partial charge in [-0.2, -0.15) is 4.31 Å². The maximum Gasteiger partial charge on any atom is 0.243 e. The number of nitrogens with one attached hydrogen (secondary N) is 1. The van der Waals surface area contributed by atoms with Gasteiger partial charge in [-0.1, -0.05) is 42.1 Å². The van der Waals surface area contributed by atoms with Gasteiger partial charge in [-0.05, 0) is 36.4 Å². The Kier molecular flexibility index (Phi) is 6.69. The van der Waals surface area contributed by atoms with Crippen LogP contribution in [0.2, 0.25) is 0 Å². The van der Waals surface area contributed by atoms with E-state index in [2.05, 4.69) is 5.32 Å². The number of hydrogen-bond donors (Lipinski definition) is 1. The largest absolute Gasteiger partial charge is 0.486 e. The van der Waals surface area contributed by atoms with Crippen LogP contribution < -0.4 is 14.8 Å². The second kappa shape index (κ2) is 9.64. The van der Waals surface area contributed by atoms with Gasteiger partial charge in [0.2, 0.25) is 15.9 Å². The first-order valence-corrected chi connectivity index (χ1v) is 12.2. The summed E-state index contributed by atoms with van der Waals surface area (Å²) >= 11 is 1.52. The van der Waals surface area contributed by atoms with E-state index in [-0.39, 0.29) is 11.4 Å². The number of likely N-dealkylation sites (N-methyl/N-ethyl adjacent to an activating group) is 1. The van der Waals surface area contributed by atoms with Crippen LogP contribution in [-0.2, 0) is 14.8 Å². The van der Waals surface area contributed by atoms with Crippen molar-refractivity contribution in [3.05, 3.63) is 72.8 Å². The first kappa shape index (κ1) is 22.2. The highest BCUT2D eigenvalue weighted by Crippen LogP contribution is 2.34. The van der Waals surface area contributed by atoms with Gasteiger partial charge in [0.25, 0.3) is 0 Å². The fourth-order valence-corrected chi connectivity index (χ4v) is 5.18. The van der Waals surface area contributed by atoms with Crippen LogP contribution in [0.4, 0.5) is 5.69 Å². The molecule has 0 atom stereocenters. The molecule has 1 N–H and O–H groups in total. The van der Waals surface area contributed by atoms with E-state index in [0.717, 1.165) is 14.1 Å². The van der Waals surface area contributed by atoms with Crippen LogP contribution in [0, 0.1) is 0 Å². The van der Waals surface area contributed by atoms with Crippen molar-refractivity contribution in [1.29, 1.82) is 0 Å². The number of hydrogen-bond acceptors (Lipinski definition) is 6. The first-order chi connectivity index (χ1) is 15.4. The highest BCUT2D eigenvalue weighted by Gasteiger charge is 2.25. The van der Waals surface area contributed by atoms with Crippen LogP contribution >= 0.6 is 11.8 Å². The summed E-state index contributed by atoms with van der Waals surface area (Å²) in [4.78, 5) is 14.6. The van der Waals surface area contributed by atoms with Crippen molar-refractivity contribution in [3.8, 4) is 11.5 Å². The zero-order valence-electron chi connectivity index (χ0n) is 17.4. The summed E-state index contributed by atoms with van der Waals surface area (Å²) in [6, 6.07) is 21.6. The number of amides is 1. The molecule has 3 aromatic rings. The Morgan fingerprint density at radius 3 is 2.44 bits per heavy atom. The van der Waals surface area contributed by atoms with Crippen molar-refractivity contribution < 1.29 is 22.7 Å². The fraction of sp³-hybridized carbons (Fsp3) is 0.174. The molecule has 4 rings (SSSR count). The molecule has 32 heavy (non-hydrogen) atoms. The van der Waals surface area contributed by atoms with E-state index in [9.17, 15) is 13.2 Å². The average molecular weight is 471 g/mol. The molecule has 0 bridgehead atoms. The van der Waals surface area contributed by atoms with Gasteiger partial charge < -0.3 is 14.8 Å². The molecule has 3 aromatic carbocycles. The van der Waals surface area contributed by atoms with E-state index >= 15 is 0 Å². The van der Waals surface area contributed by atoms with E-state index in [1.165, 1.54) is 30.9 Å². The van der Waals surface area contributed by atoms with E-state index in [1.54, 1.807) is 12.1 Å². The average Bonchev–Trinajstić information content (AvgIpc) is 2.80. The molecule has 1 aliphatic heterocycles. The molecule has 0 aliphatic carbocycles. The van der Waals surface area contributed by atoms with Gasteiger partial charge in [-0.3, -0.25) is 4.79 Å². The number of anilines is 1. The predicted molar refractivity (Wildman–Crippen MR) is 123 cm³/mol. The highest BCUT2D eigenvalue weighted by atomic mass is 32.2. The van der Waals surface area contributed by atoms with E-state index < -0.39 is 15.9 Å². The number of ether oxygens (including phenoxy) is 2. The molecule has 9 heteroatoms. The number of nitrogens with zero attached hydrogens (tertiary/aromatic N) is 1. The van der Waals surface area contributed by atoms with Gasteiger partial charge in [0.05, 0.1) is 17.1 Å². The zero-order chi connectivity index (χ0) is 22.6. The minimum Gasteiger partial charge on any atom is -0.486 e. The summed E-state index contributed by atoms with van der Waals surface area (Å²) in [6.07, 6.45) is 0. The van der Waals surface area contributed by atoms with Crippen LogP contribution in [0.5, 0.6) is 11.5 Å². The van der Waals surface area contributed by atoms with Crippen molar-refractivity contribution in [1.82, 2.24) is 4.31 Å². The third-order valence-corrected chi connectivity index (χ3v) is 7.60. The molecule has 7 nitrogen and oxygen atoms in total. The van der Waals surface area contributed by atoms with E-state index in [4.69, 9.17) is 9.47 Å². The Morgan fingerprint density at radius 2 is 1.66 bits per heavy atom. The Hall–Kier alpha value is -3.01. The lowest BCUT2D eigenvalue weighted by Crippen LogP contribution is -2.35. The standard InChI is InChI=1S/C23H22N2O5S2/c1-25(32(27,28)18-11-12-20-21(15-18)30-14-13-29-20)16-23(26)24-19-9-5-6-10-22(19)31-17-7-3-2-4-8-17/h2-12,15H,13-14,16H2,1H3,(H,24,26). The van der Waals surface area contributed by atoms with Crippen LogP contribution in [0.3, 0.4) is 0 Å². The van der Waals surface area contributed by atoms with Crippen molar-refractivity contribution in [2.45, 2.75) is 14.7 Å². The number of para-hydroxylation sites is 1. The van der Waals surface area contributed by atoms with Gasteiger partial charge in [-0.25, -0.2) is 8.42 Å². The maximum atomic E-state index is 13.0. The third kappa shape index (κ3) is 5.07. The van der Waals surface area contributed by atoms with Crippen LogP contribution in [0.15, 0.2) is 87.5 Å². The Morgan fingerprint density at radius 1 is 0.969 bits per heavy atom. The number of sulfonamides is 1. The number of benzene rings is 3. The normalized spacial score (nSPS) is 13.1. The molecule has 166 valence electrons. The predicted octanol–water partition coefficient (Wildman–Crippen LogP) is 3.87. The molecule has 0 saturated carbocycles. The molecule has 0 spiro atoms.